The number of nitrogens with zero attached hydrogens (tertiary/aromatic N) is 2. The molecule has 0 atom stereocenters. The molecule has 0 aliphatic heterocycles. The SMILES string of the molecule is CCCNCc1ccc(OCc2noc(CC)n2)c(F)c1. The quantitative estimate of drug-likeness (QED) is 0.758. The molecule has 0 radical (unpaired) electrons. The zero-order valence-corrected chi connectivity index (χ0v) is 12.4. The maximum Gasteiger partial charge on any atom is 0.226 e. The van der Waals surface area contributed by atoms with Gasteiger partial charge in [-0.1, -0.05) is 25.1 Å². The Morgan fingerprint density at radius 3 is 2.86 bits per heavy atom. The van der Waals surface area contributed by atoms with E-state index in [1.165, 1.54) is 6.07 Å². The van der Waals surface area contributed by atoms with Crippen molar-refractivity contribution in [3.05, 3.63) is 41.3 Å². The lowest BCUT2D eigenvalue weighted by Crippen LogP contribution is -2.13. The van der Waals surface area contributed by atoms with Gasteiger partial charge in [-0.05, 0) is 30.7 Å². The van der Waals surface area contributed by atoms with Crippen LogP contribution >= 0.6 is 0 Å². The van der Waals surface area contributed by atoms with E-state index in [1.807, 2.05) is 13.0 Å². The smallest absolute Gasteiger partial charge is 0.226 e. The topological polar surface area (TPSA) is 60.2 Å². The molecule has 6 heteroatoms. The lowest BCUT2D eigenvalue weighted by Gasteiger charge is -2.07. The molecular weight excluding hydrogens is 273 g/mol. The maximum absolute atomic E-state index is 13.9. The summed E-state index contributed by atoms with van der Waals surface area (Å²) in [5, 5.41) is 6.98. The van der Waals surface area contributed by atoms with Crippen molar-refractivity contribution in [1.29, 1.82) is 0 Å². The van der Waals surface area contributed by atoms with Crippen LogP contribution in [0.15, 0.2) is 22.7 Å². The fraction of sp³-hybridized carbons (Fsp3) is 0.467. The first kappa shape index (κ1) is 15.4. The Labute approximate surface area is 123 Å². The monoisotopic (exact) mass is 293 g/mol. The number of aromatic nitrogens is 2. The molecule has 1 heterocycles. The summed E-state index contributed by atoms with van der Waals surface area (Å²) < 4.78 is 24.3. The van der Waals surface area contributed by atoms with Crippen LogP contribution in [0.1, 0.15) is 37.5 Å². The highest BCUT2D eigenvalue weighted by atomic mass is 19.1. The molecule has 21 heavy (non-hydrogen) atoms. The van der Waals surface area contributed by atoms with E-state index < -0.39 is 0 Å². The van der Waals surface area contributed by atoms with Crippen LogP contribution < -0.4 is 10.1 Å². The van der Waals surface area contributed by atoms with Gasteiger partial charge < -0.3 is 14.6 Å². The summed E-state index contributed by atoms with van der Waals surface area (Å²) in [7, 11) is 0. The molecule has 0 aliphatic rings. The standard InChI is InChI=1S/C15H20FN3O2/c1-3-7-17-9-11-5-6-13(12(16)8-11)20-10-14-18-15(4-2)21-19-14/h5-6,8,17H,3-4,7,9-10H2,1-2H3. The van der Waals surface area contributed by atoms with Gasteiger partial charge >= 0.3 is 0 Å². The van der Waals surface area contributed by atoms with Gasteiger partial charge in [0.05, 0.1) is 0 Å². The summed E-state index contributed by atoms with van der Waals surface area (Å²) in [6.45, 7) is 5.66. The third-order valence-electron chi connectivity index (χ3n) is 2.92. The average Bonchev–Trinajstić information content (AvgIpc) is 2.95. The van der Waals surface area contributed by atoms with Gasteiger partial charge in [-0.15, -0.1) is 0 Å². The molecule has 0 fully saturated rings. The van der Waals surface area contributed by atoms with Gasteiger partial charge in [0.25, 0.3) is 0 Å². The third-order valence-corrected chi connectivity index (χ3v) is 2.92. The number of rotatable bonds is 8. The Bertz CT molecular complexity index is 572. The molecule has 1 aromatic heterocycles. The summed E-state index contributed by atoms with van der Waals surface area (Å²) in [5.74, 6) is 0.772. The normalized spacial score (nSPS) is 10.8. The molecular formula is C15H20FN3O2. The Morgan fingerprint density at radius 1 is 1.33 bits per heavy atom. The second kappa shape index (κ2) is 7.73. The third kappa shape index (κ3) is 4.53. The first-order valence-corrected chi connectivity index (χ1v) is 7.16. The van der Waals surface area contributed by atoms with Crippen molar-refractivity contribution < 1.29 is 13.7 Å². The molecule has 1 aromatic carbocycles. The number of ether oxygens (including phenoxy) is 1. The highest BCUT2D eigenvalue weighted by Crippen LogP contribution is 2.19. The van der Waals surface area contributed by atoms with E-state index in [0.29, 0.717) is 24.7 Å². The molecule has 0 bridgehead atoms. The van der Waals surface area contributed by atoms with Crippen LogP contribution in [0.3, 0.4) is 0 Å². The Morgan fingerprint density at radius 2 is 2.19 bits per heavy atom. The first-order chi connectivity index (χ1) is 10.2. The van der Waals surface area contributed by atoms with Gasteiger partial charge in [-0.25, -0.2) is 4.39 Å². The van der Waals surface area contributed by atoms with E-state index >= 15 is 0 Å². The lowest BCUT2D eigenvalue weighted by atomic mass is 10.2. The summed E-state index contributed by atoms with van der Waals surface area (Å²) in [6, 6.07) is 4.94. The van der Waals surface area contributed by atoms with Crippen molar-refractivity contribution in [1.82, 2.24) is 15.5 Å². The zero-order valence-electron chi connectivity index (χ0n) is 12.4. The second-order valence-electron chi connectivity index (χ2n) is 4.69. The van der Waals surface area contributed by atoms with Crippen LogP contribution in [0.5, 0.6) is 5.75 Å². The van der Waals surface area contributed by atoms with Gasteiger partial charge in [0, 0.05) is 13.0 Å². The maximum atomic E-state index is 13.9. The number of hydrogen-bond donors (Lipinski definition) is 1. The number of nitrogens with one attached hydrogen (secondary N) is 1. The van der Waals surface area contributed by atoms with Crippen molar-refractivity contribution in [2.45, 2.75) is 39.8 Å². The zero-order chi connectivity index (χ0) is 15.1. The van der Waals surface area contributed by atoms with Crippen LogP contribution in [0.4, 0.5) is 4.39 Å². The van der Waals surface area contributed by atoms with Crippen molar-refractivity contribution in [3.63, 3.8) is 0 Å². The number of benzene rings is 1. The van der Waals surface area contributed by atoms with Gasteiger partial charge in [-0.3, -0.25) is 0 Å². The number of halogens is 1. The van der Waals surface area contributed by atoms with Crippen LogP contribution in [-0.2, 0) is 19.6 Å². The highest BCUT2D eigenvalue weighted by molar-refractivity contribution is 5.29. The molecule has 0 saturated carbocycles. The van der Waals surface area contributed by atoms with E-state index in [9.17, 15) is 4.39 Å². The van der Waals surface area contributed by atoms with Gasteiger partial charge in [-0.2, -0.15) is 4.98 Å². The predicted octanol–water partition coefficient (Wildman–Crippen LogP) is 2.85. The number of aryl methyl sites for hydroxylation is 1. The molecule has 0 spiro atoms. The first-order valence-electron chi connectivity index (χ1n) is 7.16. The van der Waals surface area contributed by atoms with Gasteiger partial charge in [0.1, 0.15) is 0 Å². The Hall–Kier alpha value is -1.95. The molecule has 0 saturated heterocycles. The Balaban J connectivity index is 1.91. The van der Waals surface area contributed by atoms with Crippen LogP contribution in [0, 0.1) is 5.82 Å². The fourth-order valence-electron chi connectivity index (χ4n) is 1.82. The van der Waals surface area contributed by atoms with Crippen molar-refractivity contribution in [2.75, 3.05) is 6.54 Å². The minimum atomic E-state index is -0.384. The minimum absolute atomic E-state index is 0.0911. The van der Waals surface area contributed by atoms with Gasteiger partial charge in [0.2, 0.25) is 11.7 Å². The lowest BCUT2D eigenvalue weighted by molar-refractivity contribution is 0.272. The molecule has 0 aliphatic carbocycles. The van der Waals surface area contributed by atoms with Crippen LogP contribution in [-0.4, -0.2) is 16.7 Å². The molecule has 0 amide bonds. The molecule has 2 aromatic rings. The summed E-state index contributed by atoms with van der Waals surface area (Å²) in [6.07, 6.45) is 1.72. The highest BCUT2D eigenvalue weighted by Gasteiger charge is 2.08. The summed E-state index contributed by atoms with van der Waals surface area (Å²) in [5.41, 5.74) is 0.890. The number of hydrogen-bond acceptors (Lipinski definition) is 5. The van der Waals surface area contributed by atoms with E-state index in [1.54, 1.807) is 6.07 Å². The molecule has 5 nitrogen and oxygen atoms in total. The molecule has 0 unspecified atom stereocenters. The van der Waals surface area contributed by atoms with Crippen LogP contribution in [0.25, 0.3) is 0 Å². The van der Waals surface area contributed by atoms with Crippen LogP contribution in [0.2, 0.25) is 0 Å². The molecule has 1 N–H and O–H groups in total. The van der Waals surface area contributed by atoms with E-state index in [2.05, 4.69) is 22.4 Å². The fourth-order valence-corrected chi connectivity index (χ4v) is 1.82. The minimum Gasteiger partial charge on any atom is -0.482 e. The molecule has 114 valence electrons. The van der Waals surface area contributed by atoms with Crippen molar-refractivity contribution >= 4 is 0 Å². The largest absolute Gasteiger partial charge is 0.482 e. The summed E-state index contributed by atoms with van der Waals surface area (Å²) >= 11 is 0. The van der Waals surface area contributed by atoms with Crippen molar-refractivity contribution in [3.8, 4) is 5.75 Å². The van der Waals surface area contributed by atoms with E-state index in [4.69, 9.17) is 9.26 Å². The Kier molecular flexibility index (Phi) is 5.68. The van der Waals surface area contributed by atoms with Crippen molar-refractivity contribution in [2.24, 2.45) is 0 Å². The average molecular weight is 293 g/mol. The van der Waals surface area contributed by atoms with E-state index in [-0.39, 0.29) is 18.2 Å². The molecule has 2 rings (SSSR count). The van der Waals surface area contributed by atoms with E-state index in [0.717, 1.165) is 18.5 Å². The summed E-state index contributed by atoms with van der Waals surface area (Å²) in [4.78, 5) is 4.11. The van der Waals surface area contributed by atoms with Gasteiger partial charge in [0.15, 0.2) is 18.2 Å². The predicted molar refractivity (Wildman–Crippen MR) is 76.4 cm³/mol. The second-order valence-corrected chi connectivity index (χ2v) is 4.69.